The summed E-state index contributed by atoms with van der Waals surface area (Å²) < 4.78 is 10.1. The zero-order valence-corrected chi connectivity index (χ0v) is 8.87. The van der Waals surface area contributed by atoms with Crippen LogP contribution in [-0.2, 0) is 9.47 Å². The van der Waals surface area contributed by atoms with Gasteiger partial charge in [0.15, 0.2) is 6.29 Å². The lowest BCUT2D eigenvalue weighted by Crippen LogP contribution is -2.43. The van der Waals surface area contributed by atoms with Crippen LogP contribution in [0.5, 0.6) is 0 Å². The molecule has 0 saturated carbocycles. The molecule has 0 fully saturated rings. The van der Waals surface area contributed by atoms with Crippen LogP contribution in [0.15, 0.2) is 0 Å². The SMILES string of the molecule is COC(OC)C(C)NCCNC(N)=O. The molecule has 1 unspecified atom stereocenters. The van der Waals surface area contributed by atoms with Gasteiger partial charge < -0.3 is 25.8 Å². The fourth-order valence-electron chi connectivity index (χ4n) is 1.09. The average molecular weight is 205 g/mol. The summed E-state index contributed by atoms with van der Waals surface area (Å²) in [6.45, 7) is 3.04. The second-order valence-electron chi connectivity index (χ2n) is 2.87. The molecular weight excluding hydrogens is 186 g/mol. The van der Waals surface area contributed by atoms with Crippen LogP contribution in [0.2, 0.25) is 0 Å². The van der Waals surface area contributed by atoms with Gasteiger partial charge in [0.05, 0.1) is 6.04 Å². The van der Waals surface area contributed by atoms with E-state index in [9.17, 15) is 4.79 Å². The Morgan fingerprint density at radius 1 is 1.36 bits per heavy atom. The zero-order valence-electron chi connectivity index (χ0n) is 8.87. The lowest BCUT2D eigenvalue weighted by Gasteiger charge is -2.22. The summed E-state index contributed by atoms with van der Waals surface area (Å²) in [6.07, 6.45) is -0.288. The molecule has 0 radical (unpaired) electrons. The second-order valence-corrected chi connectivity index (χ2v) is 2.87. The third-order valence-corrected chi connectivity index (χ3v) is 1.76. The van der Waals surface area contributed by atoms with Gasteiger partial charge in [0.2, 0.25) is 0 Å². The predicted molar refractivity (Wildman–Crippen MR) is 52.9 cm³/mol. The van der Waals surface area contributed by atoms with Gasteiger partial charge in [-0.25, -0.2) is 4.79 Å². The normalized spacial score (nSPS) is 12.9. The highest BCUT2D eigenvalue weighted by atomic mass is 16.7. The average Bonchev–Trinajstić information content (AvgIpc) is 2.14. The molecular formula is C8H19N3O3. The number of rotatable bonds is 7. The Balaban J connectivity index is 3.51. The first-order valence-electron chi connectivity index (χ1n) is 4.44. The standard InChI is InChI=1S/C8H19N3O3/c1-6(7(13-2)14-3)10-4-5-11-8(9)12/h6-7,10H,4-5H2,1-3H3,(H3,9,11,12). The smallest absolute Gasteiger partial charge is 0.312 e. The molecule has 0 aliphatic carbocycles. The van der Waals surface area contributed by atoms with Gasteiger partial charge in [-0.3, -0.25) is 0 Å². The van der Waals surface area contributed by atoms with E-state index in [2.05, 4.69) is 10.6 Å². The van der Waals surface area contributed by atoms with Crippen LogP contribution in [0.25, 0.3) is 0 Å². The van der Waals surface area contributed by atoms with Gasteiger partial charge in [-0.05, 0) is 6.92 Å². The van der Waals surface area contributed by atoms with E-state index in [1.165, 1.54) is 0 Å². The first-order chi connectivity index (χ1) is 6.61. The monoisotopic (exact) mass is 205 g/mol. The molecule has 0 rings (SSSR count). The predicted octanol–water partition coefficient (Wildman–Crippen LogP) is -0.748. The van der Waals surface area contributed by atoms with E-state index < -0.39 is 6.03 Å². The van der Waals surface area contributed by atoms with E-state index in [4.69, 9.17) is 15.2 Å². The van der Waals surface area contributed by atoms with Crippen molar-refractivity contribution in [2.24, 2.45) is 5.73 Å². The van der Waals surface area contributed by atoms with Gasteiger partial charge in [0, 0.05) is 27.3 Å². The lowest BCUT2D eigenvalue weighted by molar-refractivity contribution is -0.119. The van der Waals surface area contributed by atoms with Crippen molar-refractivity contribution < 1.29 is 14.3 Å². The number of ether oxygens (including phenoxy) is 2. The van der Waals surface area contributed by atoms with Crippen molar-refractivity contribution in [1.82, 2.24) is 10.6 Å². The molecule has 2 amide bonds. The first-order valence-corrected chi connectivity index (χ1v) is 4.44. The molecule has 0 aliphatic rings. The quantitative estimate of drug-likeness (QED) is 0.377. The minimum absolute atomic E-state index is 0.0553. The molecule has 0 bridgehead atoms. The van der Waals surface area contributed by atoms with Crippen molar-refractivity contribution >= 4 is 6.03 Å². The molecule has 84 valence electrons. The van der Waals surface area contributed by atoms with Crippen molar-refractivity contribution in [3.8, 4) is 0 Å². The maximum absolute atomic E-state index is 10.3. The van der Waals surface area contributed by atoms with Gasteiger partial charge in [-0.1, -0.05) is 0 Å². The fourth-order valence-corrected chi connectivity index (χ4v) is 1.09. The molecule has 0 aromatic heterocycles. The summed E-state index contributed by atoms with van der Waals surface area (Å²) in [5, 5.41) is 5.59. The Labute approximate surface area is 84.1 Å². The maximum Gasteiger partial charge on any atom is 0.312 e. The Morgan fingerprint density at radius 3 is 2.36 bits per heavy atom. The van der Waals surface area contributed by atoms with Crippen LogP contribution in [0, 0.1) is 0 Å². The number of primary amides is 1. The molecule has 0 aromatic carbocycles. The van der Waals surface area contributed by atoms with Crippen LogP contribution >= 0.6 is 0 Å². The van der Waals surface area contributed by atoms with Gasteiger partial charge >= 0.3 is 6.03 Å². The highest BCUT2D eigenvalue weighted by molar-refractivity contribution is 5.71. The molecule has 0 saturated heterocycles. The summed E-state index contributed by atoms with van der Waals surface area (Å²) >= 11 is 0. The Bertz CT molecular complexity index is 162. The van der Waals surface area contributed by atoms with Crippen molar-refractivity contribution in [1.29, 1.82) is 0 Å². The summed E-state index contributed by atoms with van der Waals surface area (Å²) in [6, 6.07) is -0.464. The van der Waals surface area contributed by atoms with Crippen LogP contribution in [0.4, 0.5) is 4.79 Å². The highest BCUT2D eigenvalue weighted by Gasteiger charge is 2.14. The summed E-state index contributed by atoms with van der Waals surface area (Å²) in [7, 11) is 3.15. The Kier molecular flexibility index (Phi) is 7.09. The molecule has 14 heavy (non-hydrogen) atoms. The molecule has 6 nitrogen and oxygen atoms in total. The number of methoxy groups -OCH3 is 2. The van der Waals surface area contributed by atoms with Crippen LogP contribution in [0.1, 0.15) is 6.92 Å². The zero-order chi connectivity index (χ0) is 11.0. The highest BCUT2D eigenvalue weighted by Crippen LogP contribution is 1.97. The summed E-state index contributed by atoms with van der Waals surface area (Å²) in [5.41, 5.74) is 4.89. The van der Waals surface area contributed by atoms with Crippen LogP contribution in [0.3, 0.4) is 0 Å². The number of carbonyl (C=O) groups is 1. The number of hydrogen-bond acceptors (Lipinski definition) is 4. The number of nitrogens with one attached hydrogen (secondary N) is 2. The van der Waals surface area contributed by atoms with E-state index in [1.54, 1.807) is 14.2 Å². The van der Waals surface area contributed by atoms with E-state index in [0.29, 0.717) is 13.1 Å². The van der Waals surface area contributed by atoms with Gasteiger partial charge in [-0.15, -0.1) is 0 Å². The molecule has 6 heteroatoms. The van der Waals surface area contributed by atoms with Crippen LogP contribution in [-0.4, -0.2) is 45.7 Å². The van der Waals surface area contributed by atoms with Gasteiger partial charge in [0.25, 0.3) is 0 Å². The largest absolute Gasteiger partial charge is 0.354 e. The minimum Gasteiger partial charge on any atom is -0.354 e. The van der Waals surface area contributed by atoms with Crippen molar-refractivity contribution in [2.75, 3.05) is 27.3 Å². The van der Waals surface area contributed by atoms with Gasteiger partial charge in [-0.2, -0.15) is 0 Å². The lowest BCUT2D eigenvalue weighted by atomic mass is 10.3. The minimum atomic E-state index is -0.519. The third-order valence-electron chi connectivity index (χ3n) is 1.76. The molecule has 0 heterocycles. The van der Waals surface area contributed by atoms with Gasteiger partial charge in [0.1, 0.15) is 0 Å². The molecule has 0 aliphatic heterocycles. The number of amides is 2. The topological polar surface area (TPSA) is 85.6 Å². The Morgan fingerprint density at radius 2 is 1.93 bits per heavy atom. The van der Waals surface area contributed by atoms with Crippen LogP contribution < -0.4 is 16.4 Å². The second kappa shape index (κ2) is 7.54. The van der Waals surface area contributed by atoms with E-state index in [0.717, 1.165) is 0 Å². The van der Waals surface area contributed by atoms with E-state index in [-0.39, 0.29) is 12.3 Å². The van der Waals surface area contributed by atoms with Crippen molar-refractivity contribution in [3.63, 3.8) is 0 Å². The van der Waals surface area contributed by atoms with Crippen molar-refractivity contribution in [3.05, 3.63) is 0 Å². The van der Waals surface area contributed by atoms with E-state index in [1.807, 2.05) is 6.92 Å². The number of carbonyl (C=O) groups excluding carboxylic acids is 1. The molecule has 0 spiro atoms. The third kappa shape index (κ3) is 5.74. The van der Waals surface area contributed by atoms with E-state index >= 15 is 0 Å². The number of hydrogen-bond donors (Lipinski definition) is 3. The maximum atomic E-state index is 10.3. The Hall–Kier alpha value is -0.850. The fraction of sp³-hybridized carbons (Fsp3) is 0.875. The van der Waals surface area contributed by atoms with Crippen molar-refractivity contribution in [2.45, 2.75) is 19.3 Å². The summed E-state index contributed by atoms with van der Waals surface area (Å²) in [4.78, 5) is 10.3. The first kappa shape index (κ1) is 13.2. The molecule has 0 aromatic rings. The number of nitrogens with two attached hydrogens (primary N) is 1. The summed E-state index contributed by atoms with van der Waals surface area (Å²) in [5.74, 6) is 0. The molecule has 1 atom stereocenters. The number of urea groups is 1. The molecule has 4 N–H and O–H groups in total.